The van der Waals surface area contributed by atoms with Crippen molar-refractivity contribution in [3.63, 3.8) is 0 Å². The number of halogens is 1. The van der Waals surface area contributed by atoms with Crippen LogP contribution in [0.4, 0.5) is 4.39 Å². The summed E-state index contributed by atoms with van der Waals surface area (Å²) in [7, 11) is 1.94. The lowest BCUT2D eigenvalue weighted by Gasteiger charge is -2.06. The number of imidazole rings is 1. The Morgan fingerprint density at radius 3 is 2.61 bits per heavy atom. The van der Waals surface area contributed by atoms with Gasteiger partial charge in [-0.05, 0) is 42.3 Å². The Morgan fingerprint density at radius 1 is 1.21 bits per heavy atom. The number of nitrogens with zero attached hydrogens (tertiary/aromatic N) is 3. The lowest BCUT2D eigenvalue weighted by Crippen LogP contribution is -2.00. The van der Waals surface area contributed by atoms with Crippen LogP contribution in [0.3, 0.4) is 0 Å². The first-order valence-electron chi connectivity index (χ1n) is 8.70. The van der Waals surface area contributed by atoms with Gasteiger partial charge in [-0.15, -0.1) is 0 Å². The van der Waals surface area contributed by atoms with Gasteiger partial charge in [0.15, 0.2) is 0 Å². The van der Waals surface area contributed by atoms with E-state index in [1.165, 1.54) is 24.0 Å². The summed E-state index contributed by atoms with van der Waals surface area (Å²) in [6.07, 6.45) is 4.96. The van der Waals surface area contributed by atoms with E-state index in [0.717, 1.165) is 26.9 Å². The van der Waals surface area contributed by atoms with Gasteiger partial charge in [-0.2, -0.15) is 0 Å². The van der Waals surface area contributed by atoms with Gasteiger partial charge < -0.3 is 14.1 Å². The van der Waals surface area contributed by atoms with Crippen molar-refractivity contribution in [1.29, 1.82) is 0 Å². The maximum absolute atomic E-state index is 13.9. The number of aliphatic carboxylic acids is 1. The lowest BCUT2D eigenvalue weighted by atomic mass is 10.1. The smallest absolute Gasteiger partial charge is 0.307 e. The van der Waals surface area contributed by atoms with E-state index in [0.29, 0.717) is 11.1 Å². The quantitative estimate of drug-likeness (QED) is 0.538. The molecule has 5 nitrogen and oxygen atoms in total. The zero-order chi connectivity index (χ0) is 19.8. The minimum Gasteiger partial charge on any atom is -0.481 e. The van der Waals surface area contributed by atoms with Crippen molar-refractivity contribution in [1.82, 2.24) is 14.0 Å². The summed E-state index contributed by atoms with van der Waals surface area (Å²) < 4.78 is 17.5. The van der Waals surface area contributed by atoms with Crippen molar-refractivity contribution in [2.24, 2.45) is 7.05 Å². The number of fused-ring (bicyclic) bond motifs is 1. The fourth-order valence-corrected chi connectivity index (χ4v) is 4.34. The van der Waals surface area contributed by atoms with Crippen LogP contribution in [0.2, 0.25) is 0 Å². The molecule has 0 radical (unpaired) electrons. The van der Waals surface area contributed by atoms with Gasteiger partial charge >= 0.3 is 5.97 Å². The number of carboxylic acids is 1. The van der Waals surface area contributed by atoms with Gasteiger partial charge in [-0.25, -0.2) is 9.37 Å². The van der Waals surface area contributed by atoms with Gasteiger partial charge in [0.1, 0.15) is 11.6 Å². The molecule has 28 heavy (non-hydrogen) atoms. The Morgan fingerprint density at radius 2 is 1.96 bits per heavy atom. The summed E-state index contributed by atoms with van der Waals surface area (Å²) in [6, 6.07) is 11.0. The normalized spacial score (nSPS) is 11.2. The van der Waals surface area contributed by atoms with Gasteiger partial charge in [-0.1, -0.05) is 23.9 Å². The Kier molecular flexibility index (Phi) is 4.68. The first-order valence-corrected chi connectivity index (χ1v) is 9.52. The molecule has 1 N–H and O–H groups in total. The lowest BCUT2D eigenvalue weighted by molar-refractivity contribution is -0.136. The topological polar surface area (TPSA) is 59.5 Å². The number of benzene rings is 1. The van der Waals surface area contributed by atoms with Crippen molar-refractivity contribution in [2.75, 3.05) is 0 Å². The Bertz CT molecular complexity index is 1180. The number of carbonyl (C=O) groups is 1. The van der Waals surface area contributed by atoms with Crippen LogP contribution in [0.25, 0.3) is 16.9 Å². The van der Waals surface area contributed by atoms with Gasteiger partial charge in [0.2, 0.25) is 0 Å². The van der Waals surface area contributed by atoms with Gasteiger partial charge in [-0.3, -0.25) is 4.79 Å². The monoisotopic (exact) mass is 395 g/mol. The van der Waals surface area contributed by atoms with Crippen LogP contribution in [-0.2, 0) is 18.3 Å². The predicted octanol–water partition coefficient (Wildman–Crippen LogP) is 4.57. The number of hydrogen-bond acceptors (Lipinski definition) is 3. The summed E-state index contributed by atoms with van der Waals surface area (Å²) in [5.74, 6) is -0.390. The highest BCUT2D eigenvalue weighted by Crippen LogP contribution is 2.36. The SMILES string of the molecule is Cc1c(CC(=O)O)c2ccc(F)cn2c1Sc1ccc(-c2nccn2C)cc1. The zero-order valence-electron chi connectivity index (χ0n) is 15.4. The molecule has 0 unspecified atom stereocenters. The highest BCUT2D eigenvalue weighted by Gasteiger charge is 2.18. The minimum atomic E-state index is -0.907. The summed E-state index contributed by atoms with van der Waals surface area (Å²) in [6.45, 7) is 1.88. The average Bonchev–Trinajstić information content (AvgIpc) is 3.19. The number of hydrogen-bond donors (Lipinski definition) is 1. The van der Waals surface area contributed by atoms with Gasteiger partial charge in [0.05, 0.1) is 17.0 Å². The second-order valence-corrected chi connectivity index (χ2v) is 7.63. The molecule has 0 spiro atoms. The third-order valence-electron chi connectivity index (χ3n) is 4.69. The van der Waals surface area contributed by atoms with Crippen molar-refractivity contribution < 1.29 is 14.3 Å². The van der Waals surface area contributed by atoms with Crippen LogP contribution in [0.1, 0.15) is 11.1 Å². The number of aromatic nitrogens is 3. The van der Waals surface area contributed by atoms with E-state index in [1.54, 1.807) is 16.7 Å². The Labute approximate surface area is 165 Å². The van der Waals surface area contributed by atoms with E-state index in [9.17, 15) is 14.3 Å². The first kappa shape index (κ1) is 18.3. The molecule has 0 atom stereocenters. The van der Waals surface area contributed by atoms with Gasteiger partial charge in [0.25, 0.3) is 0 Å². The summed E-state index contributed by atoms with van der Waals surface area (Å²) in [5.41, 5.74) is 3.28. The summed E-state index contributed by atoms with van der Waals surface area (Å²) >= 11 is 1.49. The molecule has 3 heterocycles. The van der Waals surface area contributed by atoms with E-state index < -0.39 is 5.97 Å². The zero-order valence-corrected chi connectivity index (χ0v) is 16.2. The molecule has 4 aromatic rings. The molecule has 4 rings (SSSR count). The van der Waals surface area contributed by atoms with Crippen LogP contribution in [0.5, 0.6) is 0 Å². The third kappa shape index (κ3) is 3.29. The van der Waals surface area contributed by atoms with Crippen molar-refractivity contribution in [3.05, 3.63) is 71.9 Å². The fourth-order valence-electron chi connectivity index (χ4n) is 3.32. The van der Waals surface area contributed by atoms with E-state index in [4.69, 9.17) is 0 Å². The second-order valence-electron chi connectivity index (χ2n) is 6.57. The Hall–Kier alpha value is -3.06. The fraction of sp³-hybridized carbons (Fsp3) is 0.143. The highest BCUT2D eigenvalue weighted by atomic mass is 32.2. The van der Waals surface area contributed by atoms with Crippen LogP contribution in [0.15, 0.2) is 64.9 Å². The molecular formula is C21H18FN3O2S. The molecule has 1 aromatic carbocycles. The van der Waals surface area contributed by atoms with Crippen molar-refractivity contribution in [2.45, 2.75) is 23.3 Å². The largest absolute Gasteiger partial charge is 0.481 e. The molecule has 0 amide bonds. The molecule has 142 valence electrons. The highest BCUT2D eigenvalue weighted by molar-refractivity contribution is 7.99. The van der Waals surface area contributed by atoms with E-state index in [-0.39, 0.29) is 12.2 Å². The molecule has 0 saturated carbocycles. The van der Waals surface area contributed by atoms with Crippen LogP contribution in [0, 0.1) is 12.7 Å². The summed E-state index contributed by atoms with van der Waals surface area (Å²) in [4.78, 5) is 16.6. The van der Waals surface area contributed by atoms with Crippen molar-refractivity contribution >= 4 is 23.2 Å². The molecule has 0 fully saturated rings. The number of pyridine rings is 1. The average molecular weight is 395 g/mol. The molecular weight excluding hydrogens is 377 g/mol. The number of rotatable bonds is 5. The maximum Gasteiger partial charge on any atom is 0.307 e. The van der Waals surface area contributed by atoms with Crippen molar-refractivity contribution in [3.8, 4) is 11.4 Å². The molecule has 0 aliphatic rings. The maximum atomic E-state index is 13.9. The first-order chi connectivity index (χ1) is 13.4. The van der Waals surface area contributed by atoms with E-state index in [1.807, 2.05) is 49.0 Å². The van der Waals surface area contributed by atoms with Crippen LogP contribution < -0.4 is 0 Å². The molecule has 7 heteroatoms. The molecule has 3 aromatic heterocycles. The second kappa shape index (κ2) is 7.16. The summed E-state index contributed by atoms with van der Waals surface area (Å²) in [5, 5.41) is 10.1. The van der Waals surface area contributed by atoms with Crippen LogP contribution >= 0.6 is 11.8 Å². The number of aryl methyl sites for hydroxylation is 1. The molecule has 0 saturated heterocycles. The van der Waals surface area contributed by atoms with E-state index in [2.05, 4.69) is 4.98 Å². The third-order valence-corrected chi connectivity index (χ3v) is 5.89. The standard InChI is InChI=1S/C21H18FN3O2S/c1-13-17(11-19(26)27)18-8-5-15(22)12-25(18)21(13)28-16-6-3-14(4-7-16)20-23-9-10-24(20)2/h3-10,12H,11H2,1-2H3,(H,26,27). The molecule has 0 aliphatic heterocycles. The predicted molar refractivity (Wildman–Crippen MR) is 106 cm³/mol. The van der Waals surface area contributed by atoms with Gasteiger partial charge in [0, 0.05) is 36.1 Å². The number of carboxylic acid groups (broad SMARTS) is 1. The molecule has 0 aliphatic carbocycles. The molecule has 0 bridgehead atoms. The minimum absolute atomic E-state index is 0.0976. The van der Waals surface area contributed by atoms with Crippen LogP contribution in [-0.4, -0.2) is 25.0 Å². The van der Waals surface area contributed by atoms with E-state index >= 15 is 0 Å². The Balaban J connectivity index is 1.73.